The number of nitrogens with zero attached hydrogens (tertiary/aromatic N) is 4. The highest BCUT2D eigenvalue weighted by Gasteiger charge is 2.38. The van der Waals surface area contributed by atoms with Gasteiger partial charge in [-0.3, -0.25) is 14.7 Å². The van der Waals surface area contributed by atoms with Crippen LogP contribution in [0.3, 0.4) is 0 Å². The number of anilines is 1. The van der Waals surface area contributed by atoms with Crippen molar-refractivity contribution in [1.29, 1.82) is 0 Å². The van der Waals surface area contributed by atoms with Gasteiger partial charge in [-0.1, -0.05) is 25.4 Å². The van der Waals surface area contributed by atoms with Gasteiger partial charge < -0.3 is 31.2 Å². The number of carbonyl (C=O) groups excluding carboxylic acids is 3. The van der Waals surface area contributed by atoms with Gasteiger partial charge in [-0.25, -0.2) is 9.78 Å². The summed E-state index contributed by atoms with van der Waals surface area (Å²) in [5.74, 6) is -0.943. The number of benzene rings is 1. The minimum absolute atomic E-state index is 0.00222. The number of aromatic amines is 2. The molecule has 242 valence electrons. The van der Waals surface area contributed by atoms with E-state index in [-0.39, 0.29) is 58.3 Å². The van der Waals surface area contributed by atoms with Crippen LogP contribution in [-0.2, 0) is 19.0 Å². The van der Waals surface area contributed by atoms with Crippen LogP contribution >= 0.6 is 11.6 Å². The summed E-state index contributed by atoms with van der Waals surface area (Å²) in [4.78, 5) is 48.6. The molecule has 0 bridgehead atoms. The van der Waals surface area contributed by atoms with E-state index in [4.69, 9.17) is 17.3 Å². The maximum absolute atomic E-state index is 13.6. The largest absolute Gasteiger partial charge is 0.435 e. The summed E-state index contributed by atoms with van der Waals surface area (Å²) in [7, 11) is 0. The van der Waals surface area contributed by atoms with Crippen molar-refractivity contribution in [3.63, 3.8) is 0 Å². The monoisotopic (exact) mass is 649 g/mol. The minimum atomic E-state index is -4.64. The summed E-state index contributed by atoms with van der Waals surface area (Å²) in [6, 6.07) is 4.52. The fourth-order valence-corrected chi connectivity index (χ4v) is 5.70. The van der Waals surface area contributed by atoms with Gasteiger partial charge in [0.25, 0.3) is 11.8 Å². The average molecular weight is 650 g/mol. The quantitative estimate of drug-likeness (QED) is 0.249. The fraction of sp³-hybridized carbons (Fsp3) is 0.483. The molecule has 3 aromatic rings. The van der Waals surface area contributed by atoms with E-state index in [0.29, 0.717) is 49.7 Å². The summed E-state index contributed by atoms with van der Waals surface area (Å²) < 4.78 is 40.7. The van der Waals surface area contributed by atoms with Crippen molar-refractivity contribution < 1.29 is 27.6 Å². The number of H-pyrrole nitrogens is 2. The molecule has 2 aromatic heterocycles. The molecule has 2 fully saturated rings. The van der Waals surface area contributed by atoms with Gasteiger partial charge in [-0.2, -0.15) is 18.3 Å². The van der Waals surface area contributed by atoms with Crippen molar-refractivity contribution >= 4 is 35.1 Å². The first kappa shape index (κ1) is 32.3. The molecular formula is C29H35ClF3N9O3. The van der Waals surface area contributed by atoms with E-state index in [0.717, 1.165) is 12.8 Å². The second-order valence-corrected chi connectivity index (χ2v) is 12.3. The topological polar surface area (TPSA) is 165 Å². The van der Waals surface area contributed by atoms with Crippen LogP contribution in [0, 0.1) is 5.92 Å². The van der Waals surface area contributed by atoms with Crippen molar-refractivity contribution in [2.45, 2.75) is 57.8 Å². The molecule has 0 radical (unpaired) electrons. The van der Waals surface area contributed by atoms with E-state index >= 15 is 0 Å². The van der Waals surface area contributed by atoms with Gasteiger partial charge in [0.15, 0.2) is 11.5 Å². The third-order valence-electron chi connectivity index (χ3n) is 7.86. The summed E-state index contributed by atoms with van der Waals surface area (Å²) in [5.41, 5.74) is 6.01. The lowest BCUT2D eigenvalue weighted by atomic mass is 9.88. The van der Waals surface area contributed by atoms with E-state index in [2.05, 4.69) is 30.8 Å². The smallest absolute Gasteiger partial charge is 0.337 e. The van der Waals surface area contributed by atoms with Gasteiger partial charge in [-0.15, -0.1) is 0 Å². The lowest BCUT2D eigenvalue weighted by molar-refractivity contribution is -0.141. The minimum Gasteiger partial charge on any atom is -0.337 e. The number of nitrogens with one attached hydrogen (secondary N) is 4. The molecule has 3 heterocycles. The Balaban J connectivity index is 1.17. The summed E-state index contributed by atoms with van der Waals surface area (Å²) >= 11 is 6.42. The SMILES string of the molecule is CC(C)Cc1[nH]nc(C(F)(F)F)c1Cc1cnc(C(=O)Nc2ccc(C(=O)N3CCN(C(=O)NC4CC(N)C4)CC3)c(Cl)c2)[nH]1. The molecule has 12 nitrogen and oxygen atoms in total. The van der Waals surface area contributed by atoms with Crippen molar-refractivity contribution in [1.82, 2.24) is 35.3 Å². The molecule has 1 saturated heterocycles. The first-order valence-corrected chi connectivity index (χ1v) is 15.0. The van der Waals surface area contributed by atoms with Gasteiger partial charge in [0, 0.05) is 73.5 Å². The van der Waals surface area contributed by atoms with Crippen LogP contribution in [0.4, 0.5) is 23.7 Å². The molecule has 5 rings (SSSR count). The zero-order valence-corrected chi connectivity index (χ0v) is 25.6. The number of halogens is 4. The van der Waals surface area contributed by atoms with Crippen molar-refractivity contribution in [3.05, 3.63) is 63.5 Å². The van der Waals surface area contributed by atoms with Crippen LogP contribution in [-0.4, -0.2) is 86.1 Å². The van der Waals surface area contributed by atoms with Crippen LogP contribution in [0.2, 0.25) is 5.02 Å². The highest BCUT2D eigenvalue weighted by atomic mass is 35.5. The summed E-state index contributed by atoms with van der Waals surface area (Å²) in [6.07, 6.45) is -1.57. The number of carbonyl (C=O) groups is 3. The Hall–Kier alpha value is -4.11. The molecule has 1 saturated carbocycles. The number of piperazine rings is 1. The zero-order chi connectivity index (χ0) is 32.5. The van der Waals surface area contributed by atoms with Gasteiger partial charge >= 0.3 is 12.2 Å². The Morgan fingerprint density at radius 3 is 2.44 bits per heavy atom. The fourth-order valence-electron chi connectivity index (χ4n) is 5.44. The highest BCUT2D eigenvalue weighted by Crippen LogP contribution is 2.33. The molecule has 1 aliphatic heterocycles. The molecule has 2 aliphatic rings. The van der Waals surface area contributed by atoms with E-state index in [1.54, 1.807) is 9.80 Å². The number of rotatable bonds is 8. The lowest BCUT2D eigenvalue weighted by Crippen LogP contribution is -2.57. The second kappa shape index (κ2) is 13.1. The maximum Gasteiger partial charge on any atom is 0.435 e. The summed E-state index contributed by atoms with van der Waals surface area (Å²) in [6.45, 7) is 5.22. The average Bonchev–Trinajstić information content (AvgIpc) is 3.59. The summed E-state index contributed by atoms with van der Waals surface area (Å²) in [5, 5.41) is 11.7. The molecule has 1 aliphatic carbocycles. The lowest BCUT2D eigenvalue weighted by Gasteiger charge is -2.38. The Morgan fingerprint density at radius 2 is 1.82 bits per heavy atom. The Kier molecular flexibility index (Phi) is 9.39. The van der Waals surface area contributed by atoms with Gasteiger partial charge in [0.1, 0.15) is 0 Å². The molecule has 0 atom stereocenters. The normalized spacial score (nSPS) is 18.6. The van der Waals surface area contributed by atoms with E-state index in [1.807, 2.05) is 13.8 Å². The number of alkyl halides is 3. The van der Waals surface area contributed by atoms with Crippen LogP contribution in [0.5, 0.6) is 0 Å². The second-order valence-electron chi connectivity index (χ2n) is 11.9. The standard InChI is InChI=1S/C29H35ClF3N9O3/c1-15(2)9-23-21(24(40-39-23)29(31,32)33)12-19-14-35-25(36-19)26(43)37-17-3-4-20(22(30)13-17)27(44)41-5-7-42(8-6-41)28(45)38-18-10-16(34)11-18/h3-4,13-16,18H,5-12,34H2,1-2H3,(H,35,36)(H,37,43)(H,38,45)(H,39,40). The number of amides is 4. The third kappa shape index (κ3) is 7.59. The van der Waals surface area contributed by atoms with Gasteiger partial charge in [-0.05, 0) is 43.4 Å². The molecule has 0 unspecified atom stereocenters. The molecule has 4 amide bonds. The molecular weight excluding hydrogens is 615 g/mol. The highest BCUT2D eigenvalue weighted by molar-refractivity contribution is 6.34. The molecule has 16 heteroatoms. The number of urea groups is 1. The van der Waals surface area contributed by atoms with E-state index in [1.165, 1.54) is 24.4 Å². The van der Waals surface area contributed by atoms with Gasteiger partial charge in [0.05, 0.1) is 10.6 Å². The Labute approximate surface area is 262 Å². The molecule has 45 heavy (non-hydrogen) atoms. The number of imidazole rings is 1. The molecule has 1 aromatic carbocycles. The van der Waals surface area contributed by atoms with Crippen molar-refractivity contribution in [2.24, 2.45) is 11.7 Å². The maximum atomic E-state index is 13.6. The predicted molar refractivity (Wildman–Crippen MR) is 160 cm³/mol. The van der Waals surface area contributed by atoms with Crippen molar-refractivity contribution in [3.8, 4) is 0 Å². The third-order valence-corrected chi connectivity index (χ3v) is 8.17. The van der Waals surface area contributed by atoms with E-state index in [9.17, 15) is 27.6 Å². The Bertz CT molecular complexity index is 1560. The first-order chi connectivity index (χ1) is 21.3. The Morgan fingerprint density at radius 1 is 1.13 bits per heavy atom. The van der Waals surface area contributed by atoms with Crippen LogP contribution in [0.25, 0.3) is 0 Å². The number of hydrogen-bond acceptors (Lipinski definition) is 6. The van der Waals surface area contributed by atoms with Crippen LogP contribution in [0.15, 0.2) is 24.4 Å². The number of hydrogen-bond donors (Lipinski definition) is 5. The molecule has 0 spiro atoms. The van der Waals surface area contributed by atoms with Crippen LogP contribution < -0.4 is 16.4 Å². The predicted octanol–water partition coefficient (Wildman–Crippen LogP) is 3.80. The number of aromatic nitrogens is 4. The number of nitrogens with two attached hydrogens (primary N) is 1. The van der Waals surface area contributed by atoms with Crippen LogP contribution in [0.1, 0.15) is 70.3 Å². The van der Waals surface area contributed by atoms with Gasteiger partial charge in [0.2, 0.25) is 0 Å². The van der Waals surface area contributed by atoms with Crippen molar-refractivity contribution in [2.75, 3.05) is 31.5 Å². The van der Waals surface area contributed by atoms with E-state index < -0.39 is 17.8 Å². The first-order valence-electron chi connectivity index (χ1n) is 14.7. The molecule has 6 N–H and O–H groups in total. The zero-order valence-electron chi connectivity index (χ0n) is 24.8.